The van der Waals surface area contributed by atoms with Crippen LogP contribution in [0.5, 0.6) is 0 Å². The minimum absolute atomic E-state index is 0.180. The predicted octanol–water partition coefficient (Wildman–Crippen LogP) is 2.66. The van der Waals surface area contributed by atoms with Crippen molar-refractivity contribution < 1.29 is 9.90 Å². The number of carbonyl (C=O) groups is 1. The summed E-state index contributed by atoms with van der Waals surface area (Å²) in [7, 11) is 0. The molecule has 3 nitrogen and oxygen atoms in total. The van der Waals surface area contributed by atoms with E-state index in [-0.39, 0.29) is 11.5 Å². The van der Waals surface area contributed by atoms with Crippen LogP contribution in [-0.2, 0) is 4.79 Å². The van der Waals surface area contributed by atoms with Crippen molar-refractivity contribution in [2.45, 2.75) is 59.4 Å². The molecule has 1 atom stereocenters. The van der Waals surface area contributed by atoms with Crippen LogP contribution in [0.15, 0.2) is 0 Å². The molecule has 0 radical (unpaired) electrons. The van der Waals surface area contributed by atoms with Gasteiger partial charge in [-0.3, -0.25) is 4.79 Å². The van der Waals surface area contributed by atoms with Gasteiger partial charge in [0.05, 0.1) is 0 Å². The fraction of sp³-hybridized carbons (Fsp3) is 0.917. The maximum Gasteiger partial charge on any atom is 0.320 e. The first-order valence-corrected chi connectivity index (χ1v) is 5.89. The summed E-state index contributed by atoms with van der Waals surface area (Å²) in [5.74, 6) is -0.727. The van der Waals surface area contributed by atoms with Gasteiger partial charge in [0, 0.05) is 6.54 Å². The van der Waals surface area contributed by atoms with Crippen LogP contribution in [0.3, 0.4) is 0 Å². The number of carboxylic acid groups (broad SMARTS) is 1. The van der Waals surface area contributed by atoms with Crippen molar-refractivity contribution in [3.63, 3.8) is 0 Å². The third kappa shape index (κ3) is 6.50. The number of nitrogens with one attached hydrogen (secondary N) is 1. The molecular formula is C12H25NO2. The van der Waals surface area contributed by atoms with Gasteiger partial charge in [0.2, 0.25) is 0 Å². The Labute approximate surface area is 93.3 Å². The highest BCUT2D eigenvalue weighted by atomic mass is 16.4. The number of hydrogen-bond acceptors (Lipinski definition) is 2. The summed E-state index contributed by atoms with van der Waals surface area (Å²) in [6, 6.07) is -0.379. The Kier molecular flexibility index (Phi) is 6.57. The van der Waals surface area contributed by atoms with Crippen molar-refractivity contribution in [3.05, 3.63) is 0 Å². The molecule has 0 aliphatic carbocycles. The van der Waals surface area contributed by atoms with Gasteiger partial charge in [-0.2, -0.15) is 0 Å². The molecule has 0 amide bonds. The quantitative estimate of drug-likeness (QED) is 0.654. The highest BCUT2D eigenvalue weighted by molar-refractivity contribution is 5.73. The van der Waals surface area contributed by atoms with E-state index in [4.69, 9.17) is 5.11 Å². The second-order valence-electron chi connectivity index (χ2n) is 4.93. The van der Waals surface area contributed by atoms with E-state index in [0.29, 0.717) is 0 Å². The van der Waals surface area contributed by atoms with Crippen LogP contribution < -0.4 is 5.32 Å². The van der Waals surface area contributed by atoms with E-state index in [0.717, 1.165) is 32.2 Å². The summed E-state index contributed by atoms with van der Waals surface area (Å²) in [6.07, 6.45) is 3.80. The molecule has 0 heterocycles. The summed E-state index contributed by atoms with van der Waals surface area (Å²) < 4.78 is 0. The summed E-state index contributed by atoms with van der Waals surface area (Å²) in [5.41, 5.74) is 0.180. The van der Waals surface area contributed by atoms with Crippen molar-refractivity contribution in [3.8, 4) is 0 Å². The third-order valence-corrected chi connectivity index (χ3v) is 2.93. The van der Waals surface area contributed by atoms with Crippen LogP contribution in [0.25, 0.3) is 0 Å². The summed E-state index contributed by atoms with van der Waals surface area (Å²) in [6.45, 7) is 9.28. The molecule has 2 N–H and O–H groups in total. The van der Waals surface area contributed by atoms with E-state index in [1.54, 1.807) is 0 Å². The fourth-order valence-electron chi connectivity index (χ4n) is 1.25. The maximum absolute atomic E-state index is 10.9. The molecule has 0 aliphatic heterocycles. The first kappa shape index (κ1) is 14.4. The SMILES string of the molecule is CCCCC(NCC(C)(C)CC)C(=O)O. The summed E-state index contributed by atoms with van der Waals surface area (Å²) >= 11 is 0. The minimum Gasteiger partial charge on any atom is -0.480 e. The monoisotopic (exact) mass is 215 g/mol. The number of aliphatic carboxylic acids is 1. The van der Waals surface area contributed by atoms with E-state index >= 15 is 0 Å². The average Bonchev–Trinajstić information content (AvgIpc) is 2.17. The van der Waals surface area contributed by atoms with E-state index in [1.165, 1.54) is 0 Å². The Morgan fingerprint density at radius 3 is 2.40 bits per heavy atom. The van der Waals surface area contributed by atoms with Gasteiger partial charge >= 0.3 is 5.97 Å². The first-order chi connectivity index (χ1) is 6.93. The molecule has 0 saturated heterocycles. The van der Waals surface area contributed by atoms with Gasteiger partial charge in [-0.1, -0.05) is 40.5 Å². The van der Waals surface area contributed by atoms with E-state index < -0.39 is 5.97 Å². The molecule has 0 aromatic carbocycles. The molecular weight excluding hydrogens is 190 g/mol. The molecule has 15 heavy (non-hydrogen) atoms. The van der Waals surface area contributed by atoms with Gasteiger partial charge in [0.1, 0.15) is 6.04 Å². The lowest BCUT2D eigenvalue weighted by Crippen LogP contribution is -2.41. The number of unbranched alkanes of at least 4 members (excludes halogenated alkanes) is 1. The largest absolute Gasteiger partial charge is 0.480 e. The Bertz CT molecular complexity index is 190. The van der Waals surface area contributed by atoms with Crippen molar-refractivity contribution in [2.75, 3.05) is 6.54 Å². The van der Waals surface area contributed by atoms with Crippen molar-refractivity contribution in [1.82, 2.24) is 5.32 Å². The average molecular weight is 215 g/mol. The molecule has 0 aromatic rings. The minimum atomic E-state index is -0.727. The van der Waals surface area contributed by atoms with E-state index in [1.807, 2.05) is 0 Å². The van der Waals surface area contributed by atoms with Crippen molar-refractivity contribution in [1.29, 1.82) is 0 Å². The Hall–Kier alpha value is -0.570. The molecule has 0 rings (SSSR count). The molecule has 0 bridgehead atoms. The zero-order chi connectivity index (χ0) is 11.9. The van der Waals surface area contributed by atoms with Crippen LogP contribution in [0.2, 0.25) is 0 Å². The summed E-state index contributed by atoms with van der Waals surface area (Å²) in [4.78, 5) is 10.9. The fourth-order valence-corrected chi connectivity index (χ4v) is 1.25. The van der Waals surface area contributed by atoms with E-state index in [9.17, 15) is 4.79 Å². The lowest BCUT2D eigenvalue weighted by molar-refractivity contribution is -0.139. The Morgan fingerprint density at radius 1 is 1.40 bits per heavy atom. The number of rotatable bonds is 8. The van der Waals surface area contributed by atoms with Crippen molar-refractivity contribution in [2.24, 2.45) is 5.41 Å². The third-order valence-electron chi connectivity index (χ3n) is 2.93. The van der Waals surface area contributed by atoms with Crippen LogP contribution in [0, 0.1) is 5.41 Å². The number of hydrogen-bond donors (Lipinski definition) is 2. The molecule has 0 saturated carbocycles. The first-order valence-electron chi connectivity index (χ1n) is 5.89. The van der Waals surface area contributed by atoms with Crippen LogP contribution in [-0.4, -0.2) is 23.7 Å². The highest BCUT2D eigenvalue weighted by Crippen LogP contribution is 2.18. The van der Waals surface area contributed by atoms with Gasteiger partial charge < -0.3 is 10.4 Å². The molecule has 0 spiro atoms. The molecule has 3 heteroatoms. The van der Waals surface area contributed by atoms with Crippen LogP contribution >= 0.6 is 0 Å². The second-order valence-corrected chi connectivity index (χ2v) is 4.93. The predicted molar refractivity (Wildman–Crippen MR) is 63.0 cm³/mol. The molecule has 0 aliphatic rings. The molecule has 0 fully saturated rings. The zero-order valence-electron chi connectivity index (χ0n) is 10.5. The molecule has 0 aromatic heterocycles. The summed E-state index contributed by atoms with van der Waals surface area (Å²) in [5, 5.41) is 12.2. The van der Waals surface area contributed by atoms with Gasteiger partial charge in [0.15, 0.2) is 0 Å². The molecule has 1 unspecified atom stereocenters. The topological polar surface area (TPSA) is 49.3 Å². The zero-order valence-corrected chi connectivity index (χ0v) is 10.5. The molecule has 90 valence electrons. The normalized spacial score (nSPS) is 13.9. The Morgan fingerprint density at radius 2 is 2.00 bits per heavy atom. The van der Waals surface area contributed by atoms with Crippen molar-refractivity contribution >= 4 is 5.97 Å². The lowest BCUT2D eigenvalue weighted by Gasteiger charge is -2.25. The van der Waals surface area contributed by atoms with Crippen LogP contribution in [0.4, 0.5) is 0 Å². The lowest BCUT2D eigenvalue weighted by atomic mass is 9.90. The number of carboxylic acids is 1. The maximum atomic E-state index is 10.9. The highest BCUT2D eigenvalue weighted by Gasteiger charge is 2.21. The standard InChI is InChI=1S/C12H25NO2/c1-5-7-8-10(11(14)15)13-9-12(3,4)6-2/h10,13H,5-9H2,1-4H3,(H,14,15). The van der Waals surface area contributed by atoms with Gasteiger partial charge in [-0.05, 0) is 18.3 Å². The van der Waals surface area contributed by atoms with Gasteiger partial charge in [-0.25, -0.2) is 0 Å². The van der Waals surface area contributed by atoms with E-state index in [2.05, 4.69) is 33.0 Å². The smallest absolute Gasteiger partial charge is 0.320 e. The second kappa shape index (κ2) is 6.83. The van der Waals surface area contributed by atoms with Crippen LogP contribution in [0.1, 0.15) is 53.4 Å². The van der Waals surface area contributed by atoms with Gasteiger partial charge in [-0.15, -0.1) is 0 Å². The Balaban J connectivity index is 4.01. The van der Waals surface area contributed by atoms with Gasteiger partial charge in [0.25, 0.3) is 0 Å².